The van der Waals surface area contributed by atoms with E-state index < -0.39 is 41.4 Å². The highest BCUT2D eigenvalue weighted by Crippen LogP contribution is 2.32. The van der Waals surface area contributed by atoms with E-state index in [0.717, 1.165) is 0 Å². The topological polar surface area (TPSA) is 61.8 Å². The monoisotopic (exact) mass is 436 g/mol. The van der Waals surface area contributed by atoms with Gasteiger partial charge in [-0.05, 0) is 31.2 Å². The molecule has 0 saturated carbocycles. The van der Waals surface area contributed by atoms with Gasteiger partial charge in [-0.1, -0.05) is 52.3 Å². The molecule has 5 nitrogen and oxygen atoms in total. The van der Waals surface area contributed by atoms with E-state index in [1.54, 1.807) is 67.6 Å². The van der Waals surface area contributed by atoms with Gasteiger partial charge in [-0.3, -0.25) is 0 Å². The van der Waals surface area contributed by atoms with E-state index in [4.69, 9.17) is 14.2 Å². The van der Waals surface area contributed by atoms with E-state index in [1.807, 2.05) is 0 Å². The third-order valence-corrected chi connectivity index (χ3v) is 5.14. The molecular weight excluding hydrogens is 419 g/mol. The summed E-state index contributed by atoms with van der Waals surface area (Å²) in [5.74, 6) is -1.24. The maximum absolute atomic E-state index is 14.2. The Morgan fingerprint density at radius 1 is 0.889 bits per heavy atom. The molecule has 5 atom stereocenters. The van der Waals surface area contributed by atoms with Crippen LogP contribution in [-0.4, -0.2) is 41.4 Å². The van der Waals surface area contributed by atoms with Crippen LogP contribution < -0.4 is 0 Å². The Bertz CT molecular complexity index is 785. The lowest BCUT2D eigenvalue weighted by atomic mass is 10.0. The fourth-order valence-corrected chi connectivity index (χ4v) is 3.32. The Kier molecular flexibility index (Phi) is 6.23. The second-order valence-electron chi connectivity index (χ2n) is 6.11. The third-order valence-electron chi connectivity index (χ3n) is 4.20. The van der Waals surface area contributed by atoms with E-state index in [-0.39, 0.29) is 0 Å². The van der Waals surface area contributed by atoms with Crippen LogP contribution in [0.4, 0.5) is 4.39 Å². The van der Waals surface area contributed by atoms with Crippen LogP contribution in [-0.2, 0) is 14.2 Å². The lowest BCUT2D eigenvalue weighted by Gasteiger charge is -2.39. The van der Waals surface area contributed by atoms with Crippen molar-refractivity contribution in [3.63, 3.8) is 0 Å². The first-order valence-corrected chi connectivity index (χ1v) is 9.34. The number of hydrogen-bond donors (Lipinski definition) is 0. The second kappa shape index (κ2) is 8.63. The molecule has 0 N–H and O–H groups in total. The van der Waals surface area contributed by atoms with E-state index in [1.165, 1.54) is 0 Å². The molecule has 1 aliphatic rings. The average Bonchev–Trinajstić information content (AvgIpc) is 2.69. The van der Waals surface area contributed by atoms with Gasteiger partial charge in [-0.2, -0.15) is 0 Å². The van der Waals surface area contributed by atoms with E-state index in [0.29, 0.717) is 11.1 Å². The fourth-order valence-electron chi connectivity index (χ4n) is 2.78. The third kappa shape index (κ3) is 4.54. The van der Waals surface area contributed by atoms with Gasteiger partial charge in [-0.15, -0.1) is 0 Å². The summed E-state index contributed by atoms with van der Waals surface area (Å²) in [5.41, 5.74) is 0.659. The molecule has 0 bridgehead atoms. The second-order valence-corrected chi connectivity index (χ2v) is 7.17. The molecule has 2 aromatic carbocycles. The first-order chi connectivity index (χ1) is 13.0. The molecule has 0 aromatic heterocycles. The van der Waals surface area contributed by atoms with Crippen LogP contribution in [0.2, 0.25) is 0 Å². The van der Waals surface area contributed by atoms with Crippen LogP contribution in [0.15, 0.2) is 60.7 Å². The zero-order valence-electron chi connectivity index (χ0n) is 14.5. The fraction of sp³-hybridized carbons (Fsp3) is 0.300. The van der Waals surface area contributed by atoms with E-state index in [9.17, 15) is 14.0 Å². The lowest BCUT2D eigenvalue weighted by Crippen LogP contribution is -2.56. The zero-order chi connectivity index (χ0) is 19.4. The van der Waals surface area contributed by atoms with Gasteiger partial charge in [-0.25, -0.2) is 14.0 Å². The maximum atomic E-state index is 14.2. The van der Waals surface area contributed by atoms with Gasteiger partial charge in [0.2, 0.25) is 6.36 Å². The van der Waals surface area contributed by atoms with Gasteiger partial charge in [0.15, 0.2) is 12.2 Å². The Labute approximate surface area is 164 Å². The summed E-state index contributed by atoms with van der Waals surface area (Å²) in [4.78, 5) is 23.9. The molecule has 1 saturated heterocycles. The molecule has 7 heteroatoms. The molecule has 0 aliphatic carbocycles. The van der Waals surface area contributed by atoms with E-state index >= 15 is 0 Å². The molecule has 0 amide bonds. The van der Waals surface area contributed by atoms with Crippen LogP contribution in [0, 0.1) is 0 Å². The number of hydrogen-bond acceptors (Lipinski definition) is 5. The molecular formula is C20H18BrFO5. The highest BCUT2D eigenvalue weighted by molar-refractivity contribution is 9.09. The van der Waals surface area contributed by atoms with Crippen molar-refractivity contribution in [3.05, 3.63) is 71.8 Å². The molecule has 1 aliphatic heterocycles. The van der Waals surface area contributed by atoms with Crippen molar-refractivity contribution < 1.29 is 28.2 Å². The highest BCUT2D eigenvalue weighted by Gasteiger charge is 2.48. The number of benzene rings is 2. The lowest BCUT2D eigenvalue weighted by molar-refractivity contribution is -0.194. The summed E-state index contributed by atoms with van der Waals surface area (Å²) in [6, 6.07) is 16.7. The van der Waals surface area contributed by atoms with Crippen molar-refractivity contribution in [1.29, 1.82) is 0 Å². The summed E-state index contributed by atoms with van der Waals surface area (Å²) in [6.45, 7) is 1.57. The number of carbonyl (C=O) groups excluding carboxylic acids is 2. The minimum Gasteiger partial charge on any atom is -0.453 e. The van der Waals surface area contributed by atoms with Gasteiger partial charge in [0.05, 0.1) is 17.2 Å². The predicted molar refractivity (Wildman–Crippen MR) is 99.4 cm³/mol. The van der Waals surface area contributed by atoms with Crippen molar-refractivity contribution in [2.45, 2.75) is 36.4 Å². The molecule has 1 fully saturated rings. The average molecular weight is 437 g/mol. The molecule has 0 spiro atoms. The summed E-state index contributed by atoms with van der Waals surface area (Å²) in [7, 11) is 0. The summed E-state index contributed by atoms with van der Waals surface area (Å²) in [5, 5.41) is 0. The Hall–Kier alpha value is -2.25. The Morgan fingerprint density at radius 2 is 1.33 bits per heavy atom. The van der Waals surface area contributed by atoms with Crippen molar-refractivity contribution in [2.24, 2.45) is 0 Å². The number of ether oxygens (including phenoxy) is 3. The molecule has 142 valence electrons. The van der Waals surface area contributed by atoms with Crippen LogP contribution in [0.1, 0.15) is 27.6 Å². The van der Waals surface area contributed by atoms with Crippen LogP contribution >= 0.6 is 15.9 Å². The minimum absolute atomic E-state index is 0.319. The quantitative estimate of drug-likeness (QED) is 0.536. The number of rotatable bonds is 4. The first kappa shape index (κ1) is 19.5. The van der Waals surface area contributed by atoms with E-state index in [2.05, 4.69) is 15.9 Å². The standard InChI is InChI=1S/C20H18BrFO5/c1-12-16(26-19(23)13-8-4-2-5-9-13)17(15(21)18(22)25-12)27-20(24)14-10-6-3-7-11-14/h2-12,15-18H,1H3/t12-,15-,16-,17-,18-/m1/s1. The summed E-state index contributed by atoms with van der Waals surface area (Å²) >= 11 is 3.17. The van der Waals surface area contributed by atoms with Crippen LogP contribution in [0.25, 0.3) is 0 Å². The van der Waals surface area contributed by atoms with Gasteiger partial charge in [0, 0.05) is 0 Å². The summed E-state index contributed by atoms with van der Waals surface area (Å²) in [6.07, 6.45) is -4.53. The van der Waals surface area contributed by atoms with Crippen molar-refractivity contribution >= 4 is 27.9 Å². The van der Waals surface area contributed by atoms with Crippen molar-refractivity contribution in [2.75, 3.05) is 0 Å². The highest BCUT2D eigenvalue weighted by atomic mass is 79.9. The number of carbonyl (C=O) groups is 2. The zero-order valence-corrected chi connectivity index (χ0v) is 16.0. The SMILES string of the molecule is C[C@H]1O[C@@H](F)[C@H](Br)[C@@H](OC(=O)c2ccccc2)[C@@H]1OC(=O)c1ccccc1. The Morgan fingerprint density at radius 3 is 1.81 bits per heavy atom. The molecule has 0 unspecified atom stereocenters. The molecule has 0 radical (unpaired) electrons. The number of esters is 2. The Balaban J connectivity index is 1.80. The van der Waals surface area contributed by atoms with Gasteiger partial charge in [0.25, 0.3) is 0 Å². The predicted octanol–water partition coefficient (Wildman–Crippen LogP) is 3.92. The molecule has 3 rings (SSSR count). The van der Waals surface area contributed by atoms with Gasteiger partial charge >= 0.3 is 11.9 Å². The minimum atomic E-state index is -1.71. The maximum Gasteiger partial charge on any atom is 0.338 e. The van der Waals surface area contributed by atoms with Crippen molar-refractivity contribution in [1.82, 2.24) is 0 Å². The molecule has 27 heavy (non-hydrogen) atoms. The van der Waals surface area contributed by atoms with Gasteiger partial charge < -0.3 is 14.2 Å². The summed E-state index contributed by atoms with van der Waals surface area (Å²) < 4.78 is 30.4. The molecule has 2 aromatic rings. The van der Waals surface area contributed by atoms with Crippen LogP contribution in [0.5, 0.6) is 0 Å². The largest absolute Gasteiger partial charge is 0.453 e. The van der Waals surface area contributed by atoms with Crippen molar-refractivity contribution in [3.8, 4) is 0 Å². The number of halogens is 2. The first-order valence-electron chi connectivity index (χ1n) is 8.43. The van der Waals surface area contributed by atoms with Crippen LogP contribution in [0.3, 0.4) is 0 Å². The number of alkyl halides is 2. The van der Waals surface area contributed by atoms with Gasteiger partial charge in [0.1, 0.15) is 4.83 Å². The molecule has 1 heterocycles. The smallest absolute Gasteiger partial charge is 0.338 e. The normalized spacial score (nSPS) is 27.6.